The Kier molecular flexibility index (Phi) is 5.51. The number of carbonyl (C=O) groups is 1. The van der Waals surface area contributed by atoms with Gasteiger partial charge in [-0.25, -0.2) is 9.97 Å². The largest absolute Gasteiger partial charge is 0.497 e. The summed E-state index contributed by atoms with van der Waals surface area (Å²) in [5.74, 6) is 1.26. The molecule has 0 fully saturated rings. The highest BCUT2D eigenvalue weighted by Crippen LogP contribution is 2.38. The maximum absolute atomic E-state index is 13.1. The minimum atomic E-state index is -0.103. The van der Waals surface area contributed by atoms with Crippen LogP contribution < -0.4 is 10.1 Å². The molecule has 1 aliphatic rings. The summed E-state index contributed by atoms with van der Waals surface area (Å²) in [6, 6.07) is 24.4. The number of benzene rings is 3. The van der Waals surface area contributed by atoms with Gasteiger partial charge in [-0.1, -0.05) is 48.5 Å². The normalized spacial score (nSPS) is 12.1. The Morgan fingerprint density at radius 3 is 2.66 bits per heavy atom. The first-order chi connectivity index (χ1) is 17.2. The highest BCUT2D eigenvalue weighted by molar-refractivity contribution is 7.13. The van der Waals surface area contributed by atoms with E-state index < -0.39 is 0 Å². The molecule has 0 spiro atoms. The van der Waals surface area contributed by atoms with Crippen molar-refractivity contribution in [3.05, 3.63) is 95.0 Å². The average molecular weight is 478 g/mol. The van der Waals surface area contributed by atoms with Crippen molar-refractivity contribution in [2.45, 2.75) is 19.3 Å². The van der Waals surface area contributed by atoms with Crippen molar-refractivity contribution < 1.29 is 9.53 Å². The van der Waals surface area contributed by atoms with Crippen LogP contribution in [-0.2, 0) is 24.1 Å². The van der Waals surface area contributed by atoms with Crippen molar-refractivity contribution in [2.24, 2.45) is 0 Å². The van der Waals surface area contributed by atoms with Crippen molar-refractivity contribution in [1.29, 1.82) is 0 Å². The van der Waals surface area contributed by atoms with Gasteiger partial charge in [0, 0.05) is 5.56 Å². The lowest BCUT2D eigenvalue weighted by atomic mass is 9.91. The highest BCUT2D eigenvalue weighted by Gasteiger charge is 2.24. The van der Waals surface area contributed by atoms with Crippen molar-refractivity contribution in [2.75, 3.05) is 12.4 Å². The maximum Gasteiger partial charge on any atom is 0.230 e. The van der Waals surface area contributed by atoms with E-state index in [1.165, 1.54) is 5.56 Å². The average Bonchev–Trinajstić information content (AvgIpc) is 3.42. The molecule has 0 bridgehead atoms. The predicted molar refractivity (Wildman–Crippen MR) is 141 cm³/mol. The number of carbonyl (C=O) groups excluding carboxylic acids is 1. The van der Waals surface area contributed by atoms with Crippen LogP contribution in [0.2, 0.25) is 0 Å². The van der Waals surface area contributed by atoms with Crippen molar-refractivity contribution in [3.63, 3.8) is 0 Å². The molecule has 5 aromatic rings. The molecular weight excluding hydrogens is 454 g/mol. The molecule has 35 heavy (non-hydrogen) atoms. The molecule has 172 valence electrons. The van der Waals surface area contributed by atoms with E-state index in [2.05, 4.69) is 41.7 Å². The summed E-state index contributed by atoms with van der Waals surface area (Å²) in [7, 11) is 1.68. The fourth-order valence-electron chi connectivity index (χ4n) is 4.63. The Morgan fingerprint density at radius 2 is 1.83 bits per heavy atom. The van der Waals surface area contributed by atoms with Crippen molar-refractivity contribution in [3.8, 4) is 27.6 Å². The lowest BCUT2D eigenvalue weighted by Crippen LogP contribution is -2.18. The van der Waals surface area contributed by atoms with Gasteiger partial charge in [-0.15, -0.1) is 11.3 Å². The number of nitrogens with one attached hydrogen (secondary N) is 1. The topological polar surface area (TPSA) is 64.1 Å². The molecule has 0 radical (unpaired) electrons. The molecule has 0 saturated carbocycles. The predicted octanol–water partition coefficient (Wildman–Crippen LogP) is 6.31. The standard InChI is InChI=1S/C29H23N3O2S/c1-34-22-11-12-23-21(17-22)10-13-24-27(23)32-28(25-7-4-14-35-25)29(30-24)31-26(33)16-18-8-9-19-5-2-3-6-20(19)15-18/h2-9,11-12,14-15,17H,10,13,16H2,1H3,(H,30,31,33). The molecule has 1 amide bonds. The zero-order valence-electron chi connectivity index (χ0n) is 19.2. The molecule has 0 aliphatic heterocycles. The number of fused-ring (bicyclic) bond motifs is 4. The number of nitrogens with zero attached hydrogens (tertiary/aromatic N) is 2. The maximum atomic E-state index is 13.1. The van der Waals surface area contributed by atoms with Gasteiger partial charge in [-0.2, -0.15) is 0 Å². The zero-order valence-corrected chi connectivity index (χ0v) is 20.1. The first-order valence-electron chi connectivity index (χ1n) is 11.6. The smallest absolute Gasteiger partial charge is 0.230 e. The molecule has 3 aromatic carbocycles. The van der Waals surface area contributed by atoms with E-state index in [-0.39, 0.29) is 12.3 Å². The lowest BCUT2D eigenvalue weighted by molar-refractivity contribution is -0.115. The molecule has 0 atom stereocenters. The first kappa shape index (κ1) is 21.5. The highest BCUT2D eigenvalue weighted by atomic mass is 32.1. The van der Waals surface area contributed by atoms with Crippen molar-refractivity contribution in [1.82, 2.24) is 9.97 Å². The van der Waals surface area contributed by atoms with Crippen LogP contribution >= 0.6 is 11.3 Å². The van der Waals surface area contributed by atoms with E-state index >= 15 is 0 Å². The van der Waals surface area contributed by atoms with E-state index in [0.29, 0.717) is 11.5 Å². The second-order valence-corrected chi connectivity index (χ2v) is 9.57. The number of anilines is 1. The van der Waals surface area contributed by atoms with Gasteiger partial charge in [0.25, 0.3) is 0 Å². The lowest BCUT2D eigenvalue weighted by Gasteiger charge is -2.21. The van der Waals surface area contributed by atoms with Gasteiger partial charge in [0.05, 0.1) is 29.8 Å². The summed E-state index contributed by atoms with van der Waals surface area (Å²) in [5, 5.41) is 7.36. The summed E-state index contributed by atoms with van der Waals surface area (Å²) in [4.78, 5) is 24.0. The number of rotatable bonds is 5. The zero-order chi connectivity index (χ0) is 23.8. The Labute approximate surface area is 207 Å². The van der Waals surface area contributed by atoms with Crippen LogP contribution in [0.3, 0.4) is 0 Å². The Balaban J connectivity index is 1.34. The van der Waals surface area contributed by atoms with Gasteiger partial charge < -0.3 is 10.1 Å². The van der Waals surface area contributed by atoms with E-state index in [4.69, 9.17) is 14.7 Å². The fourth-order valence-corrected chi connectivity index (χ4v) is 5.35. The third-order valence-corrected chi connectivity index (χ3v) is 7.23. The minimum Gasteiger partial charge on any atom is -0.497 e. The number of methoxy groups -OCH3 is 1. The molecule has 0 saturated heterocycles. The molecule has 1 N–H and O–H groups in total. The van der Waals surface area contributed by atoms with Gasteiger partial charge in [-0.3, -0.25) is 4.79 Å². The number of amides is 1. The second kappa shape index (κ2) is 8.96. The molecule has 5 nitrogen and oxygen atoms in total. The van der Waals surface area contributed by atoms with E-state index in [0.717, 1.165) is 56.8 Å². The summed E-state index contributed by atoms with van der Waals surface area (Å²) in [6.07, 6.45) is 1.90. The van der Waals surface area contributed by atoms with Crippen LogP contribution in [0, 0.1) is 0 Å². The molecule has 6 rings (SSSR count). The van der Waals surface area contributed by atoms with E-state index in [9.17, 15) is 4.79 Å². The Morgan fingerprint density at radius 1 is 0.943 bits per heavy atom. The SMILES string of the molecule is COc1ccc2c(c1)CCc1nc(NC(=O)Cc3ccc4ccccc4c3)c(-c3cccs3)nc1-2. The monoisotopic (exact) mass is 477 g/mol. The fraction of sp³-hybridized carbons (Fsp3) is 0.138. The molecular formula is C29H23N3O2S. The third-order valence-electron chi connectivity index (χ3n) is 6.36. The van der Waals surface area contributed by atoms with Crippen LogP contribution in [0.25, 0.3) is 32.6 Å². The van der Waals surface area contributed by atoms with E-state index in [1.54, 1.807) is 18.4 Å². The number of ether oxygens (including phenoxy) is 1. The van der Waals surface area contributed by atoms with Crippen molar-refractivity contribution >= 4 is 33.8 Å². The molecule has 0 unspecified atom stereocenters. The Bertz CT molecular complexity index is 1560. The quantitative estimate of drug-likeness (QED) is 0.322. The van der Waals surface area contributed by atoms with Gasteiger partial charge in [0.2, 0.25) is 5.91 Å². The minimum absolute atomic E-state index is 0.103. The van der Waals surface area contributed by atoms with Crippen LogP contribution in [-0.4, -0.2) is 23.0 Å². The molecule has 6 heteroatoms. The van der Waals surface area contributed by atoms with Gasteiger partial charge in [0.15, 0.2) is 5.82 Å². The van der Waals surface area contributed by atoms with Crippen LogP contribution in [0.4, 0.5) is 5.82 Å². The van der Waals surface area contributed by atoms with Gasteiger partial charge in [-0.05, 0) is 64.4 Å². The van der Waals surface area contributed by atoms with Crippen LogP contribution in [0.1, 0.15) is 16.8 Å². The molecule has 2 heterocycles. The Hall–Kier alpha value is -4.03. The van der Waals surface area contributed by atoms with E-state index in [1.807, 2.05) is 41.8 Å². The number of hydrogen-bond donors (Lipinski definition) is 1. The summed E-state index contributed by atoms with van der Waals surface area (Å²) < 4.78 is 5.40. The summed E-state index contributed by atoms with van der Waals surface area (Å²) in [5.41, 5.74) is 5.73. The second-order valence-electron chi connectivity index (χ2n) is 8.62. The van der Waals surface area contributed by atoms with Crippen LogP contribution in [0.5, 0.6) is 5.75 Å². The number of aryl methyl sites for hydroxylation is 2. The summed E-state index contributed by atoms with van der Waals surface area (Å²) in [6.45, 7) is 0. The number of thiophene rings is 1. The van der Waals surface area contributed by atoms with Gasteiger partial charge >= 0.3 is 0 Å². The van der Waals surface area contributed by atoms with Crippen LogP contribution in [0.15, 0.2) is 78.2 Å². The summed E-state index contributed by atoms with van der Waals surface area (Å²) >= 11 is 1.59. The third kappa shape index (κ3) is 4.17. The number of aromatic nitrogens is 2. The van der Waals surface area contributed by atoms with Gasteiger partial charge in [0.1, 0.15) is 11.4 Å². The number of hydrogen-bond acceptors (Lipinski definition) is 5. The first-order valence-corrected chi connectivity index (χ1v) is 12.5. The molecule has 1 aliphatic carbocycles. The molecule has 2 aromatic heterocycles.